The highest BCUT2D eigenvalue weighted by Crippen LogP contribution is 2.39. The molecule has 2 atom stereocenters. The zero-order valence-corrected chi connectivity index (χ0v) is 15.1. The Labute approximate surface area is 161 Å². The Bertz CT molecular complexity index is 837. The molecule has 0 aliphatic heterocycles. The highest BCUT2D eigenvalue weighted by Gasteiger charge is 2.47. The Hall–Kier alpha value is -2.83. The number of amides is 2. The lowest BCUT2D eigenvalue weighted by Gasteiger charge is -2.10. The van der Waals surface area contributed by atoms with Gasteiger partial charge in [-0.05, 0) is 43.0 Å². The van der Waals surface area contributed by atoms with Crippen molar-refractivity contribution in [3.05, 3.63) is 65.7 Å². The van der Waals surface area contributed by atoms with E-state index in [0.717, 1.165) is 25.0 Å². The molecule has 1 fully saturated rings. The van der Waals surface area contributed by atoms with Crippen LogP contribution in [0.3, 0.4) is 0 Å². The van der Waals surface area contributed by atoms with Gasteiger partial charge in [0.25, 0.3) is 0 Å². The van der Waals surface area contributed by atoms with E-state index < -0.39 is 29.5 Å². The average molecular weight is 390 g/mol. The summed E-state index contributed by atoms with van der Waals surface area (Å²) in [6.45, 7) is 0.520. The first-order valence-electron chi connectivity index (χ1n) is 9.14. The highest BCUT2D eigenvalue weighted by atomic mass is 19.4. The summed E-state index contributed by atoms with van der Waals surface area (Å²) in [5.74, 6) is -1.52. The fraction of sp³-hybridized carbons (Fsp3) is 0.333. The molecule has 1 saturated carbocycles. The predicted molar refractivity (Wildman–Crippen MR) is 99.4 cm³/mol. The molecular formula is C21H21F3N2O2. The third-order valence-corrected chi connectivity index (χ3v) is 4.71. The van der Waals surface area contributed by atoms with E-state index in [0.29, 0.717) is 13.0 Å². The van der Waals surface area contributed by atoms with Crippen molar-refractivity contribution in [1.82, 2.24) is 5.32 Å². The van der Waals surface area contributed by atoms with Crippen LogP contribution in [0.2, 0.25) is 0 Å². The minimum atomic E-state index is -4.47. The molecular weight excluding hydrogens is 369 g/mol. The molecule has 7 heteroatoms. The van der Waals surface area contributed by atoms with Crippen LogP contribution in [0.4, 0.5) is 18.9 Å². The van der Waals surface area contributed by atoms with E-state index in [1.54, 1.807) is 0 Å². The predicted octanol–water partition coefficient (Wildman–Crippen LogP) is 4.03. The number of nitrogens with one attached hydrogen (secondary N) is 2. The lowest BCUT2D eigenvalue weighted by molar-refractivity contribution is -0.137. The molecule has 3 rings (SSSR count). The average Bonchev–Trinajstić information content (AvgIpc) is 3.47. The van der Waals surface area contributed by atoms with Gasteiger partial charge in [-0.3, -0.25) is 9.59 Å². The second-order valence-corrected chi connectivity index (χ2v) is 6.90. The topological polar surface area (TPSA) is 58.2 Å². The number of alkyl halides is 3. The summed E-state index contributed by atoms with van der Waals surface area (Å²) in [5.41, 5.74) is 0.448. The quantitative estimate of drug-likeness (QED) is 0.702. The summed E-state index contributed by atoms with van der Waals surface area (Å²) in [4.78, 5) is 24.3. The summed E-state index contributed by atoms with van der Waals surface area (Å²) in [6, 6.07) is 14.4. The molecule has 4 nitrogen and oxygen atoms in total. The fourth-order valence-corrected chi connectivity index (χ4v) is 3.06. The van der Waals surface area contributed by atoms with Gasteiger partial charge in [0.15, 0.2) is 0 Å². The zero-order valence-electron chi connectivity index (χ0n) is 15.1. The van der Waals surface area contributed by atoms with E-state index in [1.165, 1.54) is 17.7 Å². The van der Waals surface area contributed by atoms with Crippen LogP contribution in [-0.4, -0.2) is 18.4 Å². The van der Waals surface area contributed by atoms with Gasteiger partial charge in [-0.25, -0.2) is 0 Å². The smallest absolute Gasteiger partial charge is 0.356 e. The van der Waals surface area contributed by atoms with Crippen LogP contribution in [0.25, 0.3) is 0 Å². The molecule has 0 bridgehead atoms. The van der Waals surface area contributed by atoms with Crippen molar-refractivity contribution in [2.24, 2.45) is 11.8 Å². The first-order chi connectivity index (χ1) is 13.3. The molecule has 148 valence electrons. The molecule has 2 amide bonds. The second-order valence-electron chi connectivity index (χ2n) is 6.90. The van der Waals surface area contributed by atoms with Gasteiger partial charge in [0, 0.05) is 12.2 Å². The Morgan fingerprint density at radius 2 is 1.68 bits per heavy atom. The van der Waals surface area contributed by atoms with Gasteiger partial charge < -0.3 is 10.6 Å². The lowest BCUT2D eigenvalue weighted by atomic mass is 10.1. The van der Waals surface area contributed by atoms with E-state index in [2.05, 4.69) is 10.6 Å². The second kappa shape index (κ2) is 8.46. The SMILES string of the molecule is O=C(NCCCc1ccccc1)C1CC1C(=O)Nc1cccc(C(F)(F)F)c1. The van der Waals surface area contributed by atoms with Gasteiger partial charge >= 0.3 is 6.18 Å². The normalized spacial score (nSPS) is 18.4. The van der Waals surface area contributed by atoms with Gasteiger partial charge in [0.1, 0.15) is 0 Å². The van der Waals surface area contributed by atoms with Crippen LogP contribution in [0, 0.1) is 11.8 Å². The number of hydrogen-bond acceptors (Lipinski definition) is 2. The Morgan fingerprint density at radius 3 is 2.39 bits per heavy atom. The van der Waals surface area contributed by atoms with Gasteiger partial charge in [-0.2, -0.15) is 13.2 Å². The van der Waals surface area contributed by atoms with E-state index in [-0.39, 0.29) is 11.6 Å². The van der Waals surface area contributed by atoms with Crippen molar-refractivity contribution in [1.29, 1.82) is 0 Å². The molecule has 2 aromatic rings. The van der Waals surface area contributed by atoms with Gasteiger partial charge in [0.05, 0.1) is 17.4 Å². The number of hydrogen-bond donors (Lipinski definition) is 2. The molecule has 2 N–H and O–H groups in total. The molecule has 28 heavy (non-hydrogen) atoms. The number of carbonyl (C=O) groups excluding carboxylic acids is 2. The van der Waals surface area contributed by atoms with Gasteiger partial charge in [-0.15, -0.1) is 0 Å². The maximum atomic E-state index is 12.7. The molecule has 0 radical (unpaired) electrons. The molecule has 2 unspecified atom stereocenters. The maximum absolute atomic E-state index is 12.7. The number of halogens is 3. The largest absolute Gasteiger partial charge is 0.416 e. The van der Waals surface area contributed by atoms with Crippen molar-refractivity contribution in [2.75, 3.05) is 11.9 Å². The highest BCUT2D eigenvalue weighted by molar-refractivity contribution is 5.99. The summed E-state index contributed by atoms with van der Waals surface area (Å²) in [6.07, 6.45) is -2.41. The van der Waals surface area contributed by atoms with Crippen molar-refractivity contribution in [3.63, 3.8) is 0 Å². The number of benzene rings is 2. The number of rotatable bonds is 7. The molecule has 0 heterocycles. The van der Waals surface area contributed by atoms with E-state index >= 15 is 0 Å². The van der Waals surface area contributed by atoms with E-state index in [9.17, 15) is 22.8 Å². The monoisotopic (exact) mass is 390 g/mol. The Morgan fingerprint density at radius 1 is 0.964 bits per heavy atom. The molecule has 0 aromatic heterocycles. The first kappa shape index (κ1) is 19.9. The van der Waals surface area contributed by atoms with Crippen LogP contribution in [0.1, 0.15) is 24.0 Å². The van der Waals surface area contributed by atoms with Crippen LogP contribution in [0.5, 0.6) is 0 Å². The number of carbonyl (C=O) groups is 2. The third kappa shape index (κ3) is 5.34. The van der Waals surface area contributed by atoms with Crippen molar-refractivity contribution < 1.29 is 22.8 Å². The summed E-state index contributed by atoms with van der Waals surface area (Å²) in [7, 11) is 0. The Kier molecular flexibility index (Phi) is 6.02. The van der Waals surface area contributed by atoms with Crippen LogP contribution >= 0.6 is 0 Å². The Balaban J connectivity index is 1.42. The fourth-order valence-electron chi connectivity index (χ4n) is 3.06. The number of anilines is 1. The van der Waals surface area contributed by atoms with Crippen LogP contribution in [0.15, 0.2) is 54.6 Å². The van der Waals surface area contributed by atoms with Crippen molar-refractivity contribution in [2.45, 2.75) is 25.4 Å². The van der Waals surface area contributed by atoms with Gasteiger partial charge in [0.2, 0.25) is 11.8 Å². The number of aryl methyl sites for hydroxylation is 1. The molecule has 0 saturated heterocycles. The maximum Gasteiger partial charge on any atom is 0.416 e. The minimum absolute atomic E-state index is 0.0775. The summed E-state index contributed by atoms with van der Waals surface area (Å²) < 4.78 is 38.2. The summed E-state index contributed by atoms with van der Waals surface area (Å²) in [5, 5.41) is 5.30. The van der Waals surface area contributed by atoms with Crippen molar-refractivity contribution in [3.8, 4) is 0 Å². The van der Waals surface area contributed by atoms with Crippen LogP contribution in [-0.2, 0) is 22.2 Å². The minimum Gasteiger partial charge on any atom is -0.356 e. The van der Waals surface area contributed by atoms with E-state index in [1.807, 2.05) is 30.3 Å². The van der Waals surface area contributed by atoms with Crippen molar-refractivity contribution >= 4 is 17.5 Å². The zero-order chi connectivity index (χ0) is 20.1. The van der Waals surface area contributed by atoms with Gasteiger partial charge in [-0.1, -0.05) is 36.4 Å². The summed E-state index contributed by atoms with van der Waals surface area (Å²) >= 11 is 0. The van der Waals surface area contributed by atoms with Crippen LogP contribution < -0.4 is 10.6 Å². The standard InChI is InChI=1S/C21H21F3N2O2/c22-21(23,24)15-9-4-10-16(12-15)26-20(28)18-13-17(18)19(27)25-11-5-8-14-6-2-1-3-7-14/h1-4,6-7,9-10,12,17-18H,5,8,11,13H2,(H,25,27)(H,26,28). The third-order valence-electron chi connectivity index (χ3n) is 4.71. The molecule has 1 aliphatic rings. The molecule has 2 aromatic carbocycles. The van der Waals surface area contributed by atoms with E-state index in [4.69, 9.17) is 0 Å². The molecule has 1 aliphatic carbocycles. The first-order valence-corrected chi connectivity index (χ1v) is 9.14. The lowest BCUT2D eigenvalue weighted by Crippen LogP contribution is -2.28. The molecule has 0 spiro atoms.